The molecule has 0 bridgehead atoms. The predicted octanol–water partition coefficient (Wildman–Crippen LogP) is 1.70. The highest BCUT2D eigenvalue weighted by atomic mass is 19.1. The third kappa shape index (κ3) is 2.82. The number of benzene rings is 1. The normalized spacial score (nSPS) is 15.3. The van der Waals surface area contributed by atoms with E-state index in [-0.39, 0.29) is 11.6 Å². The fourth-order valence-corrected chi connectivity index (χ4v) is 1.31. The van der Waals surface area contributed by atoms with Crippen molar-refractivity contribution < 1.29 is 9.18 Å². The van der Waals surface area contributed by atoms with Gasteiger partial charge in [-0.15, -0.1) is 0 Å². The van der Waals surface area contributed by atoms with E-state index in [4.69, 9.17) is 5.73 Å². The monoisotopic (exact) mass is 220 g/mol. The van der Waals surface area contributed by atoms with Gasteiger partial charge in [-0.3, -0.25) is 4.79 Å². The maximum Gasteiger partial charge on any atom is 0.244 e. The SMILES string of the molecule is Nc1cc(/C=C/C(=O)NC2CC2)ccc1F. The summed E-state index contributed by atoms with van der Waals surface area (Å²) in [7, 11) is 0. The topological polar surface area (TPSA) is 55.1 Å². The van der Waals surface area contributed by atoms with Gasteiger partial charge < -0.3 is 11.1 Å². The lowest BCUT2D eigenvalue weighted by Gasteiger charge is -1.99. The van der Waals surface area contributed by atoms with Crippen LogP contribution in [0.5, 0.6) is 0 Å². The fourth-order valence-electron chi connectivity index (χ4n) is 1.31. The molecule has 16 heavy (non-hydrogen) atoms. The van der Waals surface area contributed by atoms with Gasteiger partial charge in [0.2, 0.25) is 5.91 Å². The zero-order chi connectivity index (χ0) is 11.5. The number of rotatable bonds is 3. The smallest absolute Gasteiger partial charge is 0.244 e. The number of halogens is 1. The van der Waals surface area contributed by atoms with E-state index in [1.54, 1.807) is 12.1 Å². The minimum atomic E-state index is -0.445. The highest BCUT2D eigenvalue weighted by Gasteiger charge is 2.21. The van der Waals surface area contributed by atoms with Crippen molar-refractivity contribution in [1.29, 1.82) is 0 Å². The maximum atomic E-state index is 12.8. The Morgan fingerprint density at radius 2 is 2.25 bits per heavy atom. The van der Waals surface area contributed by atoms with Crippen molar-refractivity contribution in [2.45, 2.75) is 18.9 Å². The molecule has 0 unspecified atom stereocenters. The summed E-state index contributed by atoms with van der Waals surface area (Å²) in [5.41, 5.74) is 6.21. The molecule has 0 heterocycles. The molecule has 0 atom stereocenters. The van der Waals surface area contributed by atoms with Crippen LogP contribution in [0.3, 0.4) is 0 Å². The predicted molar refractivity (Wildman–Crippen MR) is 61.0 cm³/mol. The second-order valence-electron chi connectivity index (χ2n) is 3.90. The molecule has 3 nitrogen and oxygen atoms in total. The minimum absolute atomic E-state index is 0.0877. The Labute approximate surface area is 93.1 Å². The molecule has 84 valence electrons. The van der Waals surface area contributed by atoms with E-state index < -0.39 is 5.82 Å². The molecule has 0 spiro atoms. The molecule has 0 saturated heterocycles. The molecule has 2 rings (SSSR count). The molecule has 1 amide bonds. The number of hydrogen-bond donors (Lipinski definition) is 2. The summed E-state index contributed by atoms with van der Waals surface area (Å²) >= 11 is 0. The lowest BCUT2D eigenvalue weighted by atomic mass is 10.2. The van der Waals surface area contributed by atoms with E-state index >= 15 is 0 Å². The van der Waals surface area contributed by atoms with Crippen LogP contribution < -0.4 is 11.1 Å². The molecule has 1 aliphatic carbocycles. The summed E-state index contributed by atoms with van der Waals surface area (Å²) in [6, 6.07) is 4.70. The summed E-state index contributed by atoms with van der Waals surface area (Å²) in [6.07, 6.45) is 5.17. The molecule has 3 N–H and O–H groups in total. The Morgan fingerprint density at radius 1 is 1.50 bits per heavy atom. The molecule has 0 radical (unpaired) electrons. The van der Waals surface area contributed by atoms with E-state index in [1.807, 2.05) is 0 Å². The summed E-state index contributed by atoms with van der Waals surface area (Å²) < 4.78 is 12.8. The Bertz CT molecular complexity index is 439. The van der Waals surface area contributed by atoms with Crippen LogP contribution in [-0.4, -0.2) is 11.9 Å². The van der Waals surface area contributed by atoms with Crippen LogP contribution in [0.4, 0.5) is 10.1 Å². The Kier molecular flexibility index (Phi) is 2.90. The molecular weight excluding hydrogens is 207 g/mol. The lowest BCUT2D eigenvalue weighted by molar-refractivity contribution is -0.116. The van der Waals surface area contributed by atoms with E-state index in [9.17, 15) is 9.18 Å². The van der Waals surface area contributed by atoms with E-state index in [0.717, 1.165) is 12.8 Å². The third-order valence-electron chi connectivity index (χ3n) is 2.37. The van der Waals surface area contributed by atoms with Crippen molar-refractivity contribution in [2.24, 2.45) is 0 Å². The van der Waals surface area contributed by atoms with Gasteiger partial charge in [-0.25, -0.2) is 4.39 Å². The van der Waals surface area contributed by atoms with Gasteiger partial charge in [-0.05, 0) is 36.6 Å². The molecular formula is C12H13FN2O. The summed E-state index contributed by atoms with van der Waals surface area (Å²) in [5, 5.41) is 2.82. The Hall–Kier alpha value is -1.84. The van der Waals surface area contributed by atoms with E-state index in [0.29, 0.717) is 11.6 Å². The van der Waals surface area contributed by atoms with Crippen LogP contribution in [0, 0.1) is 5.82 Å². The van der Waals surface area contributed by atoms with Crippen LogP contribution in [0.2, 0.25) is 0 Å². The van der Waals surface area contributed by atoms with Gasteiger partial charge in [0, 0.05) is 12.1 Å². The van der Waals surface area contributed by atoms with Gasteiger partial charge in [-0.2, -0.15) is 0 Å². The van der Waals surface area contributed by atoms with Crippen molar-refractivity contribution in [3.05, 3.63) is 35.7 Å². The first-order valence-electron chi connectivity index (χ1n) is 5.19. The highest BCUT2D eigenvalue weighted by molar-refractivity contribution is 5.92. The van der Waals surface area contributed by atoms with Crippen molar-refractivity contribution in [3.63, 3.8) is 0 Å². The average molecular weight is 220 g/mol. The van der Waals surface area contributed by atoms with Crippen LogP contribution in [0.25, 0.3) is 6.08 Å². The van der Waals surface area contributed by atoms with Gasteiger partial charge >= 0.3 is 0 Å². The van der Waals surface area contributed by atoms with Gasteiger partial charge in [0.15, 0.2) is 0 Å². The fraction of sp³-hybridized carbons (Fsp3) is 0.250. The van der Waals surface area contributed by atoms with Crippen molar-refractivity contribution in [1.82, 2.24) is 5.32 Å². The summed E-state index contributed by atoms with van der Waals surface area (Å²) in [5.74, 6) is -0.565. The zero-order valence-electron chi connectivity index (χ0n) is 8.74. The molecule has 1 aromatic carbocycles. The quantitative estimate of drug-likeness (QED) is 0.601. The number of nitrogens with two attached hydrogens (primary N) is 1. The molecule has 1 saturated carbocycles. The second-order valence-corrected chi connectivity index (χ2v) is 3.90. The minimum Gasteiger partial charge on any atom is -0.396 e. The van der Waals surface area contributed by atoms with Gasteiger partial charge in [0.1, 0.15) is 5.82 Å². The first-order valence-corrected chi connectivity index (χ1v) is 5.19. The Morgan fingerprint density at radius 3 is 2.88 bits per heavy atom. The Balaban J connectivity index is 1.98. The van der Waals surface area contributed by atoms with Crippen LogP contribution in [0.15, 0.2) is 24.3 Å². The van der Waals surface area contributed by atoms with E-state index in [2.05, 4.69) is 5.32 Å². The van der Waals surface area contributed by atoms with E-state index in [1.165, 1.54) is 18.2 Å². The number of nitrogen functional groups attached to an aromatic ring is 1. The first kappa shape index (κ1) is 10.7. The summed E-state index contributed by atoms with van der Waals surface area (Å²) in [4.78, 5) is 11.3. The second kappa shape index (κ2) is 4.35. The van der Waals surface area contributed by atoms with Crippen LogP contribution in [-0.2, 0) is 4.79 Å². The number of carbonyl (C=O) groups excluding carboxylic acids is 1. The van der Waals surface area contributed by atoms with Gasteiger partial charge in [0.05, 0.1) is 5.69 Å². The number of carbonyl (C=O) groups is 1. The van der Waals surface area contributed by atoms with Crippen LogP contribution in [0.1, 0.15) is 18.4 Å². The molecule has 4 heteroatoms. The van der Waals surface area contributed by atoms with Gasteiger partial charge in [-0.1, -0.05) is 6.07 Å². The lowest BCUT2D eigenvalue weighted by Crippen LogP contribution is -2.22. The zero-order valence-corrected chi connectivity index (χ0v) is 8.74. The number of amides is 1. The standard InChI is InChI=1S/C12H13FN2O/c13-10-5-1-8(7-11(10)14)2-6-12(16)15-9-3-4-9/h1-2,5-7,9H,3-4,14H2,(H,15,16)/b6-2+. The van der Waals surface area contributed by atoms with Crippen molar-refractivity contribution in [3.8, 4) is 0 Å². The molecule has 1 fully saturated rings. The van der Waals surface area contributed by atoms with Crippen LogP contribution >= 0.6 is 0 Å². The number of hydrogen-bond acceptors (Lipinski definition) is 2. The van der Waals surface area contributed by atoms with Crippen molar-refractivity contribution in [2.75, 3.05) is 5.73 Å². The van der Waals surface area contributed by atoms with Crippen molar-refractivity contribution >= 4 is 17.7 Å². The summed E-state index contributed by atoms with van der Waals surface area (Å²) in [6.45, 7) is 0. The number of nitrogens with one attached hydrogen (secondary N) is 1. The third-order valence-corrected chi connectivity index (χ3v) is 2.37. The highest BCUT2D eigenvalue weighted by Crippen LogP contribution is 2.18. The molecule has 1 aliphatic rings. The first-order chi connectivity index (χ1) is 7.65. The van der Waals surface area contributed by atoms with Gasteiger partial charge in [0.25, 0.3) is 0 Å². The largest absolute Gasteiger partial charge is 0.396 e. The molecule has 1 aromatic rings. The molecule has 0 aromatic heterocycles. The average Bonchev–Trinajstić information content (AvgIpc) is 3.04. The molecule has 0 aliphatic heterocycles. The number of anilines is 1. The maximum absolute atomic E-state index is 12.8.